The van der Waals surface area contributed by atoms with E-state index in [2.05, 4.69) is 5.10 Å². The van der Waals surface area contributed by atoms with Gasteiger partial charge in [0.1, 0.15) is 5.69 Å². The number of Topliss-reactive ketones (excluding diaryl/α,β-unsaturated/α-hetero) is 1. The van der Waals surface area contributed by atoms with Gasteiger partial charge in [0, 0.05) is 18.0 Å². The quantitative estimate of drug-likeness (QED) is 0.731. The summed E-state index contributed by atoms with van der Waals surface area (Å²) in [7, 11) is 0. The predicted molar refractivity (Wildman–Crippen MR) is 53.5 cm³/mol. The van der Waals surface area contributed by atoms with Crippen molar-refractivity contribution in [3.8, 4) is 5.69 Å². The van der Waals surface area contributed by atoms with Gasteiger partial charge in [0.15, 0.2) is 17.4 Å². The van der Waals surface area contributed by atoms with Crippen LogP contribution in [-0.2, 0) is 0 Å². The summed E-state index contributed by atoms with van der Waals surface area (Å²) in [4.78, 5) is 11.0. The van der Waals surface area contributed by atoms with Crippen molar-refractivity contribution in [2.45, 2.75) is 6.92 Å². The van der Waals surface area contributed by atoms with E-state index in [-0.39, 0.29) is 17.0 Å². The Bertz CT molecular complexity index is 512. The number of rotatable bonds is 2. The molecule has 3 nitrogen and oxygen atoms in total. The Morgan fingerprint density at radius 1 is 1.31 bits per heavy atom. The van der Waals surface area contributed by atoms with Gasteiger partial charge in [-0.25, -0.2) is 13.5 Å². The molecule has 0 saturated heterocycles. The van der Waals surface area contributed by atoms with Crippen molar-refractivity contribution in [2.24, 2.45) is 0 Å². The zero-order chi connectivity index (χ0) is 11.7. The summed E-state index contributed by atoms with van der Waals surface area (Å²) in [6, 6.07) is 3.56. The Morgan fingerprint density at radius 3 is 2.38 bits per heavy atom. The molecule has 2 aromatic rings. The lowest BCUT2D eigenvalue weighted by Crippen LogP contribution is -2.05. The van der Waals surface area contributed by atoms with Crippen molar-refractivity contribution in [1.82, 2.24) is 9.78 Å². The number of carbonyl (C=O) groups is 1. The van der Waals surface area contributed by atoms with E-state index < -0.39 is 11.6 Å². The molecule has 0 bridgehead atoms. The van der Waals surface area contributed by atoms with E-state index in [9.17, 15) is 13.6 Å². The van der Waals surface area contributed by atoms with Crippen LogP contribution in [0.15, 0.2) is 30.6 Å². The van der Waals surface area contributed by atoms with E-state index in [1.54, 1.807) is 6.07 Å². The number of hydrogen-bond acceptors (Lipinski definition) is 2. The average molecular weight is 222 g/mol. The molecule has 1 heterocycles. The summed E-state index contributed by atoms with van der Waals surface area (Å²) in [5, 5.41) is 3.73. The number of hydrogen-bond donors (Lipinski definition) is 0. The minimum atomic E-state index is -0.811. The second-order valence-electron chi connectivity index (χ2n) is 3.30. The van der Waals surface area contributed by atoms with Crippen molar-refractivity contribution in [1.29, 1.82) is 0 Å². The van der Waals surface area contributed by atoms with E-state index in [4.69, 9.17) is 0 Å². The molecule has 2 rings (SSSR count). The third-order valence-corrected chi connectivity index (χ3v) is 2.16. The van der Waals surface area contributed by atoms with Crippen LogP contribution >= 0.6 is 0 Å². The molecule has 0 N–H and O–H groups in total. The van der Waals surface area contributed by atoms with Crippen LogP contribution < -0.4 is 0 Å². The molecule has 0 fully saturated rings. The smallest absolute Gasteiger partial charge is 0.160 e. The van der Waals surface area contributed by atoms with Crippen LogP contribution in [0.5, 0.6) is 0 Å². The molecule has 5 heteroatoms. The summed E-state index contributed by atoms with van der Waals surface area (Å²) in [6.45, 7) is 1.25. The number of benzene rings is 1. The topological polar surface area (TPSA) is 34.9 Å². The average Bonchev–Trinajstić information content (AvgIpc) is 2.69. The molecular formula is C11H8F2N2O. The van der Waals surface area contributed by atoms with Crippen molar-refractivity contribution < 1.29 is 13.6 Å². The van der Waals surface area contributed by atoms with E-state index in [1.165, 1.54) is 19.3 Å². The van der Waals surface area contributed by atoms with E-state index in [1.807, 2.05) is 0 Å². The van der Waals surface area contributed by atoms with Crippen LogP contribution in [-0.4, -0.2) is 15.6 Å². The predicted octanol–water partition coefficient (Wildman–Crippen LogP) is 2.35. The number of aromatic nitrogens is 2. The first-order valence-corrected chi connectivity index (χ1v) is 4.59. The molecule has 1 aromatic heterocycles. The van der Waals surface area contributed by atoms with E-state index >= 15 is 0 Å². The minimum absolute atomic E-state index is 0.00547. The number of nitrogens with zero attached hydrogens (tertiary/aromatic N) is 2. The summed E-state index contributed by atoms with van der Waals surface area (Å²) < 4.78 is 28.2. The van der Waals surface area contributed by atoms with Crippen molar-refractivity contribution in [3.05, 3.63) is 47.8 Å². The fraction of sp³-hybridized carbons (Fsp3) is 0.0909. The normalized spacial score (nSPS) is 10.4. The van der Waals surface area contributed by atoms with Crippen LogP contribution in [0.2, 0.25) is 0 Å². The Labute approximate surface area is 90.3 Å². The Morgan fingerprint density at radius 2 is 1.94 bits per heavy atom. The first kappa shape index (κ1) is 10.5. The highest BCUT2D eigenvalue weighted by molar-refractivity contribution is 5.94. The van der Waals surface area contributed by atoms with Crippen molar-refractivity contribution in [3.63, 3.8) is 0 Å². The maximum absolute atomic E-state index is 13.6. The lowest BCUT2D eigenvalue weighted by atomic mass is 10.1. The standard InChI is InChI=1S/C11H8F2N2O/c1-7(16)8-5-9(12)11(10(13)6-8)15-4-2-3-14-15/h2-6H,1H3. The van der Waals surface area contributed by atoms with Gasteiger partial charge in [-0.05, 0) is 25.1 Å². The first-order chi connectivity index (χ1) is 7.59. The van der Waals surface area contributed by atoms with Crippen LogP contribution in [0.4, 0.5) is 8.78 Å². The Balaban J connectivity index is 2.61. The molecule has 0 aliphatic carbocycles. The molecule has 0 spiro atoms. The molecule has 0 saturated carbocycles. The molecule has 0 amide bonds. The van der Waals surface area contributed by atoms with Gasteiger partial charge in [-0.15, -0.1) is 0 Å². The largest absolute Gasteiger partial charge is 0.295 e. The second kappa shape index (κ2) is 3.84. The molecule has 0 aliphatic rings. The highest BCUT2D eigenvalue weighted by Crippen LogP contribution is 2.19. The molecular weight excluding hydrogens is 214 g/mol. The lowest BCUT2D eigenvalue weighted by molar-refractivity contribution is 0.101. The second-order valence-corrected chi connectivity index (χ2v) is 3.30. The zero-order valence-corrected chi connectivity index (χ0v) is 8.45. The molecule has 0 radical (unpaired) electrons. The molecule has 82 valence electrons. The van der Waals surface area contributed by atoms with Gasteiger partial charge in [0.25, 0.3) is 0 Å². The van der Waals surface area contributed by atoms with E-state index in [0.717, 1.165) is 16.8 Å². The Hall–Kier alpha value is -2.04. The molecule has 0 unspecified atom stereocenters. The van der Waals surface area contributed by atoms with Gasteiger partial charge < -0.3 is 0 Å². The van der Waals surface area contributed by atoms with Crippen molar-refractivity contribution in [2.75, 3.05) is 0 Å². The summed E-state index contributed by atoms with van der Waals surface area (Å²) in [6.07, 6.45) is 2.84. The van der Waals surface area contributed by atoms with Gasteiger partial charge in [0.2, 0.25) is 0 Å². The fourth-order valence-corrected chi connectivity index (χ4v) is 1.39. The highest BCUT2D eigenvalue weighted by atomic mass is 19.1. The zero-order valence-electron chi connectivity index (χ0n) is 8.45. The minimum Gasteiger partial charge on any atom is -0.295 e. The van der Waals surface area contributed by atoms with Gasteiger partial charge in [-0.2, -0.15) is 5.10 Å². The van der Waals surface area contributed by atoms with Crippen LogP contribution in [0.1, 0.15) is 17.3 Å². The number of carbonyl (C=O) groups excluding carboxylic acids is 1. The molecule has 0 atom stereocenters. The SMILES string of the molecule is CC(=O)c1cc(F)c(-n2cccn2)c(F)c1. The van der Waals surface area contributed by atoms with Gasteiger partial charge in [0.05, 0.1) is 0 Å². The molecule has 1 aromatic carbocycles. The highest BCUT2D eigenvalue weighted by Gasteiger charge is 2.14. The maximum Gasteiger partial charge on any atom is 0.160 e. The first-order valence-electron chi connectivity index (χ1n) is 4.59. The monoisotopic (exact) mass is 222 g/mol. The lowest BCUT2D eigenvalue weighted by Gasteiger charge is -2.06. The summed E-state index contributed by atoms with van der Waals surface area (Å²) in [5.41, 5.74) is -0.277. The summed E-state index contributed by atoms with van der Waals surface area (Å²) >= 11 is 0. The molecule has 0 aliphatic heterocycles. The van der Waals surface area contributed by atoms with Gasteiger partial charge in [-0.3, -0.25) is 4.79 Å². The maximum atomic E-state index is 13.6. The van der Waals surface area contributed by atoms with Crippen molar-refractivity contribution >= 4 is 5.78 Å². The number of ketones is 1. The van der Waals surface area contributed by atoms with Gasteiger partial charge in [-0.1, -0.05) is 0 Å². The summed E-state index contributed by atoms with van der Waals surface area (Å²) in [5.74, 6) is -2.01. The third kappa shape index (κ3) is 1.71. The van der Waals surface area contributed by atoms with Gasteiger partial charge >= 0.3 is 0 Å². The van der Waals surface area contributed by atoms with Crippen LogP contribution in [0.25, 0.3) is 5.69 Å². The Kier molecular flexibility index (Phi) is 2.52. The fourth-order valence-electron chi connectivity index (χ4n) is 1.39. The number of halogens is 2. The van der Waals surface area contributed by atoms with Crippen LogP contribution in [0, 0.1) is 11.6 Å². The van der Waals surface area contributed by atoms with E-state index in [0.29, 0.717) is 0 Å². The van der Waals surface area contributed by atoms with Crippen LogP contribution in [0.3, 0.4) is 0 Å². The third-order valence-electron chi connectivity index (χ3n) is 2.16. The molecule has 16 heavy (non-hydrogen) atoms.